The van der Waals surface area contributed by atoms with Crippen LogP contribution in [-0.2, 0) is 9.59 Å². The van der Waals surface area contributed by atoms with Gasteiger partial charge in [-0.2, -0.15) is 0 Å². The van der Waals surface area contributed by atoms with Gasteiger partial charge in [0.1, 0.15) is 0 Å². The van der Waals surface area contributed by atoms with Gasteiger partial charge in [-0.3, -0.25) is 0 Å². The number of aliphatic carboxylic acids is 2. The van der Waals surface area contributed by atoms with Crippen molar-refractivity contribution in [3.63, 3.8) is 0 Å². The van der Waals surface area contributed by atoms with Gasteiger partial charge in [-0.05, 0) is 13.8 Å². The third kappa shape index (κ3) is 3.01. The molecule has 0 unspecified atom stereocenters. The van der Waals surface area contributed by atoms with Crippen molar-refractivity contribution in [1.29, 1.82) is 0 Å². The van der Waals surface area contributed by atoms with Gasteiger partial charge in [0.15, 0.2) is 0 Å². The number of hydrogen-bond donors (Lipinski definition) is 0. The predicted octanol–water partition coefficient (Wildman–Crippen LogP) is -2.87. The molecule has 0 fully saturated rings. The minimum atomic E-state index is -1.89. The molecule has 0 atom stereocenters. The molecule has 10 heavy (non-hydrogen) atoms. The van der Waals surface area contributed by atoms with Gasteiger partial charge < -0.3 is 19.8 Å². The van der Waals surface area contributed by atoms with Crippen molar-refractivity contribution >= 4 is 57.4 Å². The number of carboxylic acid groups (broad SMARTS) is 2. The predicted molar refractivity (Wildman–Crippen MR) is 29.5 cm³/mol. The third-order valence-electron chi connectivity index (χ3n) is 1.02. The van der Waals surface area contributed by atoms with Crippen LogP contribution in [0.4, 0.5) is 0 Å². The molecule has 0 aliphatic carbocycles. The fraction of sp³-hybridized carbons (Fsp3) is 0.600. The van der Waals surface area contributed by atoms with Crippen molar-refractivity contribution in [2.75, 3.05) is 0 Å². The largest absolute Gasteiger partial charge is 2.00 e. The van der Waals surface area contributed by atoms with E-state index >= 15 is 0 Å². The minimum absolute atomic E-state index is 0. The molecule has 0 saturated carbocycles. The SMILES string of the molecule is CC(C)(C(=O)[O-])C(=O)[O-].[Sr+2]. The molecule has 0 aromatic rings. The van der Waals surface area contributed by atoms with E-state index in [-0.39, 0.29) is 45.5 Å². The van der Waals surface area contributed by atoms with E-state index in [4.69, 9.17) is 0 Å². The van der Waals surface area contributed by atoms with Gasteiger partial charge >= 0.3 is 45.5 Å². The summed E-state index contributed by atoms with van der Waals surface area (Å²) < 4.78 is 0. The van der Waals surface area contributed by atoms with E-state index in [1.807, 2.05) is 0 Å². The first kappa shape index (κ1) is 13.0. The summed E-state index contributed by atoms with van der Waals surface area (Å²) in [6.45, 7) is 2.02. The van der Waals surface area contributed by atoms with Gasteiger partial charge in [-0.1, -0.05) is 0 Å². The Morgan fingerprint density at radius 2 is 1.30 bits per heavy atom. The van der Waals surface area contributed by atoms with Gasteiger partial charge in [0.25, 0.3) is 0 Å². The minimum Gasteiger partial charge on any atom is -0.549 e. The Balaban J connectivity index is 0. The van der Waals surface area contributed by atoms with Crippen molar-refractivity contribution in [2.45, 2.75) is 13.8 Å². The molecule has 5 heteroatoms. The first-order valence-corrected chi connectivity index (χ1v) is 2.32. The van der Waals surface area contributed by atoms with E-state index in [0.717, 1.165) is 13.8 Å². The summed E-state index contributed by atoms with van der Waals surface area (Å²) in [6.07, 6.45) is 0. The molecule has 0 aliphatic rings. The molecule has 0 radical (unpaired) electrons. The van der Waals surface area contributed by atoms with Gasteiger partial charge in [-0.25, -0.2) is 0 Å². The molecule has 0 aromatic carbocycles. The fourth-order valence-electron chi connectivity index (χ4n) is 0.0833. The van der Waals surface area contributed by atoms with Crippen LogP contribution in [0.3, 0.4) is 0 Å². The third-order valence-corrected chi connectivity index (χ3v) is 1.02. The summed E-state index contributed by atoms with van der Waals surface area (Å²) in [7, 11) is 0. The van der Waals surface area contributed by atoms with E-state index in [2.05, 4.69) is 0 Å². The van der Waals surface area contributed by atoms with Gasteiger partial charge in [0, 0.05) is 5.41 Å². The van der Waals surface area contributed by atoms with Crippen LogP contribution in [0.2, 0.25) is 0 Å². The van der Waals surface area contributed by atoms with Crippen LogP contribution < -0.4 is 10.2 Å². The van der Waals surface area contributed by atoms with E-state index < -0.39 is 17.4 Å². The zero-order chi connectivity index (χ0) is 7.65. The molecule has 0 heterocycles. The molecular formula is C5H6O4Sr. The van der Waals surface area contributed by atoms with Crippen LogP contribution in [0.15, 0.2) is 0 Å². The number of carbonyl (C=O) groups is 2. The smallest absolute Gasteiger partial charge is 0.549 e. The molecular weight excluding hydrogens is 212 g/mol. The van der Waals surface area contributed by atoms with E-state index in [1.165, 1.54) is 0 Å². The molecule has 0 amide bonds. The Labute approximate surface area is 95.5 Å². The molecule has 52 valence electrons. The quantitative estimate of drug-likeness (QED) is 0.368. The molecule has 4 nitrogen and oxygen atoms in total. The maximum Gasteiger partial charge on any atom is 2.00 e. The molecule has 0 bridgehead atoms. The number of carboxylic acids is 2. The van der Waals surface area contributed by atoms with Crippen molar-refractivity contribution in [2.24, 2.45) is 5.41 Å². The number of rotatable bonds is 2. The first-order valence-electron chi connectivity index (χ1n) is 2.32. The summed E-state index contributed by atoms with van der Waals surface area (Å²) in [5, 5.41) is 19.9. The molecule has 0 spiro atoms. The van der Waals surface area contributed by atoms with Crippen LogP contribution in [0, 0.1) is 5.41 Å². The Morgan fingerprint density at radius 3 is 1.30 bits per heavy atom. The standard InChI is InChI=1S/C5H8O4.Sr/c1-5(2,3(6)7)4(8)9;/h1-2H3,(H,6,7)(H,8,9);/q;+2/p-2. The van der Waals surface area contributed by atoms with Crippen LogP contribution in [0.25, 0.3) is 0 Å². The van der Waals surface area contributed by atoms with E-state index in [9.17, 15) is 19.8 Å². The zero-order valence-electron chi connectivity index (χ0n) is 5.84. The molecule has 0 aromatic heterocycles. The first-order chi connectivity index (χ1) is 3.89. The van der Waals surface area contributed by atoms with Crippen LogP contribution >= 0.6 is 0 Å². The fourth-order valence-corrected chi connectivity index (χ4v) is 0.0833. The summed E-state index contributed by atoms with van der Waals surface area (Å²) in [5.74, 6) is -3.27. The van der Waals surface area contributed by atoms with Crippen molar-refractivity contribution < 1.29 is 19.8 Å². The van der Waals surface area contributed by atoms with E-state index in [0.29, 0.717) is 0 Å². The van der Waals surface area contributed by atoms with Gasteiger partial charge in [0.2, 0.25) is 0 Å². The Kier molecular flexibility index (Phi) is 5.65. The molecule has 0 N–H and O–H groups in total. The summed E-state index contributed by atoms with van der Waals surface area (Å²) >= 11 is 0. The Hall–Kier alpha value is 0.421. The molecule has 0 aliphatic heterocycles. The number of hydrogen-bond acceptors (Lipinski definition) is 4. The second kappa shape index (κ2) is 4.33. The summed E-state index contributed by atoms with van der Waals surface area (Å²) in [5.41, 5.74) is -1.89. The topological polar surface area (TPSA) is 80.3 Å². The van der Waals surface area contributed by atoms with Gasteiger partial charge in [0.05, 0.1) is 11.9 Å². The maximum absolute atomic E-state index is 9.93. The monoisotopic (exact) mass is 218 g/mol. The van der Waals surface area contributed by atoms with Crippen molar-refractivity contribution in [3.8, 4) is 0 Å². The average Bonchev–Trinajstić information content (AvgIpc) is 1.65. The maximum atomic E-state index is 9.93. The number of carbonyl (C=O) groups excluding carboxylic acids is 2. The van der Waals surface area contributed by atoms with Crippen LogP contribution in [0.1, 0.15) is 13.8 Å². The van der Waals surface area contributed by atoms with Crippen molar-refractivity contribution in [3.05, 3.63) is 0 Å². The van der Waals surface area contributed by atoms with Gasteiger partial charge in [-0.15, -0.1) is 0 Å². The molecule has 0 saturated heterocycles. The van der Waals surface area contributed by atoms with Crippen LogP contribution in [0.5, 0.6) is 0 Å². The second-order valence-corrected chi connectivity index (χ2v) is 2.20. The second-order valence-electron chi connectivity index (χ2n) is 2.20. The van der Waals surface area contributed by atoms with Crippen LogP contribution in [-0.4, -0.2) is 57.4 Å². The van der Waals surface area contributed by atoms with E-state index in [1.54, 1.807) is 0 Å². The zero-order valence-corrected chi connectivity index (χ0v) is 9.32. The van der Waals surface area contributed by atoms with Crippen molar-refractivity contribution in [1.82, 2.24) is 0 Å². The summed E-state index contributed by atoms with van der Waals surface area (Å²) in [6, 6.07) is 0. The molecule has 0 rings (SSSR count). The Bertz CT molecular complexity index is 136. The summed E-state index contributed by atoms with van der Waals surface area (Å²) in [4.78, 5) is 19.9. The normalized spacial score (nSPS) is 9.80. The Morgan fingerprint density at radius 1 is 1.10 bits per heavy atom. The average molecular weight is 218 g/mol.